The number of nitrogens with two attached hydrogens (primary N) is 1. The molecule has 3 rings (SSSR count). The van der Waals surface area contributed by atoms with E-state index in [4.69, 9.17) is 15.0 Å². The number of methoxy groups -OCH3 is 1. The minimum atomic E-state index is -0.0558. The van der Waals surface area contributed by atoms with Crippen molar-refractivity contribution in [3.05, 3.63) is 16.5 Å². The Labute approximate surface area is 115 Å². The molecule has 1 unspecified atom stereocenters. The van der Waals surface area contributed by atoms with Crippen molar-refractivity contribution in [3.63, 3.8) is 0 Å². The standard InChI is InChI=1S/C12H16N4O2S/c1-6-10(19-8(5-13)14-6)12-15-11(16-18-12)9(17-2)7-3-4-7/h7,9H,3-5,13H2,1-2H3. The summed E-state index contributed by atoms with van der Waals surface area (Å²) in [5.74, 6) is 1.66. The molecule has 1 aliphatic rings. The Morgan fingerprint density at radius 2 is 2.26 bits per heavy atom. The van der Waals surface area contributed by atoms with Crippen LogP contribution in [0.2, 0.25) is 0 Å². The predicted molar refractivity (Wildman–Crippen MR) is 70.5 cm³/mol. The Balaban J connectivity index is 1.89. The van der Waals surface area contributed by atoms with E-state index >= 15 is 0 Å². The monoisotopic (exact) mass is 280 g/mol. The zero-order valence-electron chi connectivity index (χ0n) is 10.9. The van der Waals surface area contributed by atoms with Crippen LogP contribution in [-0.4, -0.2) is 22.2 Å². The zero-order valence-corrected chi connectivity index (χ0v) is 11.7. The molecule has 0 amide bonds. The second kappa shape index (κ2) is 4.99. The first-order chi connectivity index (χ1) is 9.22. The molecule has 2 N–H and O–H groups in total. The third-order valence-corrected chi connectivity index (χ3v) is 4.38. The van der Waals surface area contributed by atoms with Crippen LogP contribution in [0.1, 0.15) is 35.5 Å². The number of ether oxygens (including phenoxy) is 1. The minimum absolute atomic E-state index is 0.0558. The van der Waals surface area contributed by atoms with Gasteiger partial charge in [0.2, 0.25) is 5.82 Å². The molecule has 1 saturated carbocycles. The summed E-state index contributed by atoms with van der Waals surface area (Å²) in [5, 5.41) is 4.91. The first-order valence-corrected chi connectivity index (χ1v) is 7.07. The van der Waals surface area contributed by atoms with Gasteiger partial charge in [-0.3, -0.25) is 0 Å². The summed E-state index contributed by atoms with van der Waals surface area (Å²) in [7, 11) is 1.68. The van der Waals surface area contributed by atoms with Gasteiger partial charge in [0.25, 0.3) is 5.89 Å². The molecule has 2 aromatic rings. The molecule has 2 heterocycles. The highest BCUT2D eigenvalue weighted by atomic mass is 32.1. The van der Waals surface area contributed by atoms with Crippen molar-refractivity contribution in [2.24, 2.45) is 11.7 Å². The average molecular weight is 280 g/mol. The number of rotatable bonds is 5. The maximum Gasteiger partial charge on any atom is 0.270 e. The molecule has 0 saturated heterocycles. The van der Waals surface area contributed by atoms with Gasteiger partial charge in [0.1, 0.15) is 16.0 Å². The van der Waals surface area contributed by atoms with Crippen LogP contribution in [-0.2, 0) is 11.3 Å². The van der Waals surface area contributed by atoms with Crippen LogP contribution in [0, 0.1) is 12.8 Å². The van der Waals surface area contributed by atoms with Crippen LogP contribution >= 0.6 is 11.3 Å². The molecule has 2 aromatic heterocycles. The summed E-state index contributed by atoms with van der Waals surface area (Å²) >= 11 is 1.50. The minimum Gasteiger partial charge on any atom is -0.373 e. The molecule has 7 heteroatoms. The normalized spacial score (nSPS) is 16.8. The summed E-state index contributed by atoms with van der Waals surface area (Å²) in [6, 6.07) is 0. The van der Waals surface area contributed by atoms with Crippen molar-refractivity contribution >= 4 is 11.3 Å². The van der Waals surface area contributed by atoms with E-state index in [1.807, 2.05) is 6.92 Å². The van der Waals surface area contributed by atoms with Crippen molar-refractivity contribution < 1.29 is 9.26 Å². The van der Waals surface area contributed by atoms with Gasteiger partial charge in [-0.05, 0) is 25.7 Å². The van der Waals surface area contributed by atoms with E-state index in [2.05, 4.69) is 15.1 Å². The number of aromatic nitrogens is 3. The van der Waals surface area contributed by atoms with Gasteiger partial charge in [-0.1, -0.05) is 5.16 Å². The summed E-state index contributed by atoms with van der Waals surface area (Å²) in [6.07, 6.45) is 2.28. The lowest BCUT2D eigenvalue weighted by Crippen LogP contribution is -2.05. The van der Waals surface area contributed by atoms with Gasteiger partial charge in [-0.25, -0.2) is 4.98 Å². The van der Waals surface area contributed by atoms with Crippen LogP contribution in [0.25, 0.3) is 10.8 Å². The summed E-state index contributed by atoms with van der Waals surface area (Å²) < 4.78 is 10.8. The van der Waals surface area contributed by atoms with Gasteiger partial charge in [0.15, 0.2) is 0 Å². The van der Waals surface area contributed by atoms with E-state index in [-0.39, 0.29) is 6.10 Å². The molecule has 19 heavy (non-hydrogen) atoms. The fourth-order valence-electron chi connectivity index (χ4n) is 2.09. The van der Waals surface area contributed by atoms with Crippen molar-refractivity contribution in [3.8, 4) is 10.8 Å². The predicted octanol–water partition coefficient (Wildman–Crippen LogP) is 2.06. The number of hydrogen-bond acceptors (Lipinski definition) is 7. The van der Waals surface area contributed by atoms with Gasteiger partial charge >= 0.3 is 0 Å². The summed E-state index contributed by atoms with van der Waals surface area (Å²) in [4.78, 5) is 9.70. The first-order valence-electron chi connectivity index (χ1n) is 6.26. The Kier molecular flexibility index (Phi) is 3.34. The smallest absolute Gasteiger partial charge is 0.270 e. The molecule has 0 radical (unpaired) electrons. The van der Waals surface area contributed by atoms with E-state index in [0.29, 0.717) is 24.2 Å². The zero-order chi connectivity index (χ0) is 13.4. The van der Waals surface area contributed by atoms with Gasteiger partial charge < -0.3 is 15.0 Å². The maximum atomic E-state index is 5.59. The highest BCUT2D eigenvalue weighted by Gasteiger charge is 2.36. The lowest BCUT2D eigenvalue weighted by atomic mass is 10.2. The van der Waals surface area contributed by atoms with Crippen LogP contribution in [0.15, 0.2) is 4.52 Å². The van der Waals surface area contributed by atoms with Crippen molar-refractivity contribution in [1.82, 2.24) is 15.1 Å². The highest BCUT2D eigenvalue weighted by Crippen LogP contribution is 2.42. The highest BCUT2D eigenvalue weighted by molar-refractivity contribution is 7.15. The molecule has 1 aliphatic carbocycles. The Morgan fingerprint density at radius 1 is 1.47 bits per heavy atom. The molecule has 0 aromatic carbocycles. The van der Waals surface area contributed by atoms with Gasteiger partial charge in [0, 0.05) is 13.7 Å². The molecule has 1 fully saturated rings. The Morgan fingerprint density at radius 3 is 2.84 bits per heavy atom. The lowest BCUT2D eigenvalue weighted by molar-refractivity contribution is 0.0751. The fourth-order valence-corrected chi connectivity index (χ4v) is 2.95. The van der Waals surface area contributed by atoms with Crippen molar-refractivity contribution in [2.45, 2.75) is 32.4 Å². The van der Waals surface area contributed by atoms with E-state index < -0.39 is 0 Å². The van der Waals surface area contributed by atoms with E-state index in [0.717, 1.165) is 15.6 Å². The lowest BCUT2D eigenvalue weighted by Gasteiger charge is -2.07. The van der Waals surface area contributed by atoms with Gasteiger partial charge in [0.05, 0.1) is 5.69 Å². The van der Waals surface area contributed by atoms with Gasteiger partial charge in [-0.2, -0.15) is 4.98 Å². The first kappa shape index (κ1) is 12.7. The third-order valence-electron chi connectivity index (χ3n) is 3.21. The largest absolute Gasteiger partial charge is 0.373 e. The molecule has 102 valence electrons. The fraction of sp³-hybridized carbons (Fsp3) is 0.583. The number of nitrogens with zero attached hydrogens (tertiary/aromatic N) is 3. The second-order valence-electron chi connectivity index (χ2n) is 4.68. The quantitative estimate of drug-likeness (QED) is 0.902. The summed E-state index contributed by atoms with van der Waals surface area (Å²) in [5.41, 5.74) is 6.47. The number of thiazole rings is 1. The number of hydrogen-bond donors (Lipinski definition) is 1. The van der Waals surface area contributed by atoms with Gasteiger partial charge in [-0.15, -0.1) is 11.3 Å². The SMILES string of the molecule is COC(c1noc(-c2sc(CN)nc2C)n1)C1CC1. The maximum absolute atomic E-state index is 5.59. The molecule has 1 atom stereocenters. The second-order valence-corrected chi connectivity index (χ2v) is 5.76. The Bertz CT molecular complexity index is 576. The van der Waals surface area contributed by atoms with Crippen LogP contribution in [0.4, 0.5) is 0 Å². The van der Waals surface area contributed by atoms with E-state index in [9.17, 15) is 0 Å². The molecule has 0 bridgehead atoms. The Hall–Kier alpha value is -1.31. The average Bonchev–Trinajstić information content (AvgIpc) is 2.99. The molecule has 0 spiro atoms. The molecular weight excluding hydrogens is 264 g/mol. The van der Waals surface area contributed by atoms with Crippen LogP contribution < -0.4 is 5.73 Å². The van der Waals surface area contributed by atoms with Crippen LogP contribution in [0.5, 0.6) is 0 Å². The molecule has 6 nitrogen and oxygen atoms in total. The third kappa shape index (κ3) is 2.41. The molecule has 0 aliphatic heterocycles. The topological polar surface area (TPSA) is 87.1 Å². The summed E-state index contributed by atoms with van der Waals surface area (Å²) in [6.45, 7) is 2.35. The van der Waals surface area contributed by atoms with E-state index in [1.54, 1.807) is 7.11 Å². The molecular formula is C12H16N4O2S. The van der Waals surface area contributed by atoms with E-state index in [1.165, 1.54) is 24.2 Å². The van der Waals surface area contributed by atoms with Crippen molar-refractivity contribution in [2.75, 3.05) is 7.11 Å². The number of aryl methyl sites for hydroxylation is 1. The van der Waals surface area contributed by atoms with Crippen molar-refractivity contribution in [1.29, 1.82) is 0 Å². The van der Waals surface area contributed by atoms with Crippen LogP contribution in [0.3, 0.4) is 0 Å².